The number of nitrogens with two attached hydrogens (primary N) is 1. The summed E-state index contributed by atoms with van der Waals surface area (Å²) in [4.78, 5) is 8.35. The molecular formula is C26H28N4O. The first-order valence-corrected chi connectivity index (χ1v) is 10.8. The van der Waals surface area contributed by atoms with Crippen LogP contribution in [0.4, 0.5) is 0 Å². The monoisotopic (exact) mass is 412 g/mol. The van der Waals surface area contributed by atoms with Crippen LogP contribution in [0.25, 0.3) is 11.1 Å². The van der Waals surface area contributed by atoms with Gasteiger partial charge in [-0.15, -0.1) is 0 Å². The van der Waals surface area contributed by atoms with Crippen molar-refractivity contribution in [3.05, 3.63) is 83.7 Å². The number of aryl methyl sites for hydroxylation is 1. The molecule has 0 fully saturated rings. The van der Waals surface area contributed by atoms with Crippen LogP contribution >= 0.6 is 0 Å². The summed E-state index contributed by atoms with van der Waals surface area (Å²) in [6, 6.07) is 12.9. The van der Waals surface area contributed by atoms with E-state index in [-0.39, 0.29) is 5.41 Å². The van der Waals surface area contributed by atoms with E-state index in [0.717, 1.165) is 41.0 Å². The molecule has 1 aromatic heterocycles. The summed E-state index contributed by atoms with van der Waals surface area (Å²) in [5, 5.41) is 3.36. The molecule has 0 aliphatic carbocycles. The molecule has 2 aliphatic heterocycles. The minimum absolute atomic E-state index is 0.294. The molecule has 0 radical (unpaired) electrons. The topological polar surface area (TPSA) is 73.1 Å². The van der Waals surface area contributed by atoms with Gasteiger partial charge in [0.15, 0.2) is 0 Å². The molecule has 0 saturated heterocycles. The molecule has 0 amide bonds. The second-order valence-electron chi connectivity index (χ2n) is 9.76. The Balaban J connectivity index is 1.63. The molecule has 3 N–H and O–H groups in total. The molecule has 5 rings (SSSR count). The lowest BCUT2D eigenvalue weighted by atomic mass is 9.72. The van der Waals surface area contributed by atoms with Crippen molar-refractivity contribution >= 4 is 0 Å². The highest BCUT2D eigenvalue weighted by molar-refractivity contribution is 5.70. The molecule has 1 spiro atoms. The van der Waals surface area contributed by atoms with E-state index in [1.165, 1.54) is 11.1 Å². The first-order chi connectivity index (χ1) is 14.8. The van der Waals surface area contributed by atoms with Crippen molar-refractivity contribution in [1.29, 1.82) is 0 Å². The summed E-state index contributed by atoms with van der Waals surface area (Å²) in [5.74, 6) is 2.46. The van der Waals surface area contributed by atoms with Crippen molar-refractivity contribution in [2.24, 2.45) is 11.1 Å². The van der Waals surface area contributed by atoms with Crippen molar-refractivity contribution in [1.82, 2.24) is 15.3 Å². The van der Waals surface area contributed by atoms with Crippen molar-refractivity contribution in [2.45, 2.75) is 39.0 Å². The Bertz CT molecular complexity index is 1160. The fourth-order valence-electron chi connectivity index (χ4n) is 4.50. The number of nitrogens with zero attached hydrogens (tertiary/aromatic N) is 2. The second-order valence-corrected chi connectivity index (χ2v) is 9.76. The van der Waals surface area contributed by atoms with E-state index in [4.69, 9.17) is 10.5 Å². The standard InChI is InChI=1S/C26H28N4O/c1-25(2,3)9-8-17-4-6-22-20(10-17)26(12-24(27)30-15-26)21-11-18(5-7-23(21)31-22)19-13-28-16-29-14-19/h4-7,10-14,16,30H,8-9,15,27H2,1-3H3/t26-/m0/s1. The van der Waals surface area contributed by atoms with Gasteiger partial charge in [-0.25, -0.2) is 9.97 Å². The van der Waals surface area contributed by atoms with Gasteiger partial charge in [-0.2, -0.15) is 0 Å². The molecule has 3 aromatic rings. The van der Waals surface area contributed by atoms with Gasteiger partial charge in [0, 0.05) is 35.6 Å². The SMILES string of the molecule is CC(C)(C)CCc1ccc2c(c1)[C@@]1(C=C(N)NC1)c1cc(-c3cncnc3)ccc1O2. The molecule has 0 bridgehead atoms. The Morgan fingerprint density at radius 2 is 1.71 bits per heavy atom. The maximum absolute atomic E-state index is 6.36. The van der Waals surface area contributed by atoms with Crippen LogP contribution in [-0.2, 0) is 11.8 Å². The molecule has 158 valence electrons. The predicted octanol–water partition coefficient (Wildman–Crippen LogP) is 4.92. The zero-order valence-electron chi connectivity index (χ0n) is 18.3. The van der Waals surface area contributed by atoms with E-state index in [1.54, 1.807) is 6.33 Å². The molecule has 2 aliphatic rings. The van der Waals surface area contributed by atoms with Gasteiger partial charge in [-0.1, -0.05) is 39.0 Å². The average molecular weight is 413 g/mol. The number of benzene rings is 2. The zero-order chi connectivity index (χ0) is 21.6. The highest BCUT2D eigenvalue weighted by Gasteiger charge is 2.44. The summed E-state index contributed by atoms with van der Waals surface area (Å²) >= 11 is 0. The van der Waals surface area contributed by atoms with Gasteiger partial charge in [0.1, 0.15) is 17.8 Å². The number of nitrogens with one attached hydrogen (secondary N) is 1. The summed E-state index contributed by atoms with van der Waals surface area (Å²) in [5.41, 5.74) is 11.8. The normalized spacial score (nSPS) is 19.3. The first-order valence-electron chi connectivity index (χ1n) is 10.8. The minimum Gasteiger partial charge on any atom is -0.457 e. The number of fused-ring (bicyclic) bond motifs is 4. The molecule has 31 heavy (non-hydrogen) atoms. The summed E-state index contributed by atoms with van der Waals surface area (Å²) in [7, 11) is 0. The fourth-order valence-corrected chi connectivity index (χ4v) is 4.50. The van der Waals surface area contributed by atoms with Crippen LogP contribution in [0, 0.1) is 5.41 Å². The van der Waals surface area contributed by atoms with Gasteiger partial charge in [0.25, 0.3) is 0 Å². The molecule has 1 atom stereocenters. The number of ether oxygens (including phenoxy) is 1. The lowest BCUT2D eigenvalue weighted by Crippen LogP contribution is -2.34. The fraction of sp³-hybridized carbons (Fsp3) is 0.308. The van der Waals surface area contributed by atoms with Crippen molar-refractivity contribution < 1.29 is 4.74 Å². The Kier molecular flexibility index (Phi) is 4.50. The largest absolute Gasteiger partial charge is 0.457 e. The molecule has 5 nitrogen and oxygen atoms in total. The Labute approximate surface area is 183 Å². The van der Waals surface area contributed by atoms with E-state index >= 15 is 0 Å². The van der Waals surface area contributed by atoms with E-state index in [1.807, 2.05) is 18.5 Å². The highest BCUT2D eigenvalue weighted by atomic mass is 16.5. The van der Waals surface area contributed by atoms with Crippen LogP contribution < -0.4 is 15.8 Å². The average Bonchev–Trinajstić information content (AvgIpc) is 3.15. The molecular weight excluding hydrogens is 384 g/mol. The van der Waals surface area contributed by atoms with Crippen molar-refractivity contribution in [2.75, 3.05) is 6.54 Å². The Hall–Kier alpha value is -3.34. The summed E-state index contributed by atoms with van der Waals surface area (Å²) in [6.07, 6.45) is 9.53. The van der Waals surface area contributed by atoms with Crippen molar-refractivity contribution in [3.63, 3.8) is 0 Å². The van der Waals surface area contributed by atoms with Crippen molar-refractivity contribution in [3.8, 4) is 22.6 Å². The smallest absolute Gasteiger partial charge is 0.131 e. The third-order valence-electron chi connectivity index (χ3n) is 6.24. The summed E-state index contributed by atoms with van der Waals surface area (Å²) in [6.45, 7) is 7.56. The van der Waals surface area contributed by atoms with Gasteiger partial charge in [-0.05, 0) is 53.7 Å². The van der Waals surface area contributed by atoms with E-state index in [9.17, 15) is 0 Å². The van der Waals surface area contributed by atoms with E-state index in [0.29, 0.717) is 17.8 Å². The number of hydrogen-bond acceptors (Lipinski definition) is 5. The van der Waals surface area contributed by atoms with Crippen LogP contribution in [-0.4, -0.2) is 16.5 Å². The molecule has 2 aromatic carbocycles. The third-order valence-corrected chi connectivity index (χ3v) is 6.24. The van der Waals surface area contributed by atoms with E-state index in [2.05, 4.69) is 72.5 Å². The molecule has 0 saturated carbocycles. The second kappa shape index (κ2) is 7.12. The highest BCUT2D eigenvalue weighted by Crippen LogP contribution is 2.51. The van der Waals surface area contributed by atoms with Gasteiger partial charge in [0.05, 0.1) is 11.2 Å². The number of hydrogen-bond donors (Lipinski definition) is 2. The van der Waals surface area contributed by atoms with E-state index < -0.39 is 0 Å². The number of rotatable bonds is 3. The third kappa shape index (κ3) is 3.54. The molecule has 0 unspecified atom stereocenters. The van der Waals surface area contributed by atoms with Crippen LogP contribution in [0.2, 0.25) is 0 Å². The van der Waals surface area contributed by atoms with Crippen LogP contribution in [0.1, 0.15) is 43.9 Å². The number of aromatic nitrogens is 2. The maximum Gasteiger partial charge on any atom is 0.131 e. The Morgan fingerprint density at radius 3 is 2.39 bits per heavy atom. The molecule has 5 heteroatoms. The van der Waals surface area contributed by atoms with Crippen LogP contribution in [0.5, 0.6) is 11.5 Å². The quantitative estimate of drug-likeness (QED) is 0.639. The van der Waals surface area contributed by atoms with Gasteiger partial charge in [0.2, 0.25) is 0 Å². The summed E-state index contributed by atoms with van der Waals surface area (Å²) < 4.78 is 6.36. The van der Waals surface area contributed by atoms with Crippen LogP contribution in [0.15, 0.2) is 67.0 Å². The first kappa shape index (κ1) is 19.6. The predicted molar refractivity (Wildman–Crippen MR) is 123 cm³/mol. The zero-order valence-corrected chi connectivity index (χ0v) is 18.3. The lowest BCUT2D eigenvalue weighted by Gasteiger charge is -2.36. The maximum atomic E-state index is 6.36. The lowest BCUT2D eigenvalue weighted by molar-refractivity contribution is 0.377. The van der Waals surface area contributed by atoms with Gasteiger partial charge < -0.3 is 15.8 Å². The minimum atomic E-state index is -0.365. The van der Waals surface area contributed by atoms with Crippen LogP contribution in [0.3, 0.4) is 0 Å². The Morgan fingerprint density at radius 1 is 1.00 bits per heavy atom. The van der Waals surface area contributed by atoms with Gasteiger partial charge >= 0.3 is 0 Å². The van der Waals surface area contributed by atoms with Gasteiger partial charge in [-0.3, -0.25) is 0 Å². The molecule has 3 heterocycles.